The summed E-state index contributed by atoms with van der Waals surface area (Å²) >= 11 is 0. The van der Waals surface area contributed by atoms with Gasteiger partial charge < -0.3 is 10.2 Å². The zero-order valence-corrected chi connectivity index (χ0v) is 19.5. The third kappa shape index (κ3) is 2.86. The summed E-state index contributed by atoms with van der Waals surface area (Å²) in [7, 11) is 0. The Bertz CT molecular complexity index is 665. The largest absolute Gasteiger partial charge is 0.393 e. The summed E-state index contributed by atoms with van der Waals surface area (Å²) in [5.74, 6) is 7.22. The van der Waals surface area contributed by atoms with E-state index in [1.807, 2.05) is 0 Å². The molecule has 3 heteroatoms. The first-order chi connectivity index (χ1) is 14.4. The Labute approximate surface area is 184 Å². The van der Waals surface area contributed by atoms with Crippen LogP contribution in [0, 0.1) is 58.7 Å². The predicted molar refractivity (Wildman–Crippen MR) is 120 cm³/mol. The van der Waals surface area contributed by atoms with Gasteiger partial charge in [-0.3, -0.25) is 4.90 Å². The van der Waals surface area contributed by atoms with Crippen molar-refractivity contribution in [3.05, 3.63) is 0 Å². The van der Waals surface area contributed by atoms with Gasteiger partial charge in [-0.1, -0.05) is 20.8 Å². The van der Waals surface area contributed by atoms with Gasteiger partial charge in [0.05, 0.1) is 12.2 Å². The van der Waals surface area contributed by atoms with Crippen LogP contribution >= 0.6 is 0 Å². The van der Waals surface area contributed by atoms with Crippen LogP contribution < -0.4 is 0 Å². The maximum atomic E-state index is 11.2. The van der Waals surface area contributed by atoms with Gasteiger partial charge in [-0.15, -0.1) is 0 Å². The van der Waals surface area contributed by atoms with Crippen LogP contribution in [0.4, 0.5) is 0 Å². The fraction of sp³-hybridized carbons (Fsp3) is 1.00. The molecule has 4 aliphatic carbocycles. The maximum absolute atomic E-state index is 11.2. The first-order valence-electron chi connectivity index (χ1n) is 13.5. The molecule has 170 valence electrons. The minimum Gasteiger partial charge on any atom is -0.393 e. The highest BCUT2D eigenvalue weighted by Gasteiger charge is 2.62. The lowest BCUT2D eigenvalue weighted by Crippen LogP contribution is -2.58. The van der Waals surface area contributed by atoms with Crippen molar-refractivity contribution in [1.82, 2.24) is 4.90 Å². The molecule has 13 atom stereocenters. The summed E-state index contributed by atoms with van der Waals surface area (Å²) in [6.45, 7) is 10.3. The zero-order valence-electron chi connectivity index (χ0n) is 19.5. The summed E-state index contributed by atoms with van der Waals surface area (Å²) < 4.78 is 0. The Hall–Kier alpha value is -0.120. The first-order valence-corrected chi connectivity index (χ1v) is 13.5. The molecule has 2 saturated heterocycles. The number of aliphatic hydroxyl groups excluding tert-OH is 2. The number of piperidine rings is 2. The van der Waals surface area contributed by atoms with E-state index in [0.29, 0.717) is 5.92 Å². The van der Waals surface area contributed by atoms with Crippen molar-refractivity contribution in [2.75, 3.05) is 13.1 Å². The summed E-state index contributed by atoms with van der Waals surface area (Å²) in [4.78, 5) is 2.92. The molecule has 0 aromatic carbocycles. The summed E-state index contributed by atoms with van der Waals surface area (Å²) in [5.41, 5.74) is 0.261. The van der Waals surface area contributed by atoms with Gasteiger partial charge in [-0.2, -0.15) is 0 Å². The second kappa shape index (κ2) is 7.19. The Morgan fingerprint density at radius 3 is 2.37 bits per heavy atom. The van der Waals surface area contributed by atoms with Crippen LogP contribution in [0.25, 0.3) is 0 Å². The molecule has 30 heavy (non-hydrogen) atoms. The van der Waals surface area contributed by atoms with Crippen LogP contribution in [0.5, 0.6) is 0 Å². The van der Waals surface area contributed by atoms with Crippen molar-refractivity contribution >= 4 is 0 Å². The monoisotopic (exact) mass is 415 g/mol. The van der Waals surface area contributed by atoms with Crippen molar-refractivity contribution in [2.45, 2.75) is 96.8 Å². The molecular weight excluding hydrogens is 370 g/mol. The van der Waals surface area contributed by atoms with Crippen molar-refractivity contribution in [3.8, 4) is 0 Å². The van der Waals surface area contributed by atoms with E-state index in [-0.39, 0.29) is 17.6 Å². The Morgan fingerprint density at radius 1 is 0.733 bits per heavy atom. The van der Waals surface area contributed by atoms with E-state index < -0.39 is 0 Å². The second-order valence-corrected chi connectivity index (χ2v) is 13.1. The van der Waals surface area contributed by atoms with Gasteiger partial charge >= 0.3 is 0 Å². The molecule has 4 saturated carbocycles. The van der Waals surface area contributed by atoms with Gasteiger partial charge in [-0.05, 0) is 116 Å². The molecule has 0 unspecified atom stereocenters. The smallest absolute Gasteiger partial charge is 0.0577 e. The van der Waals surface area contributed by atoms with Gasteiger partial charge in [-0.25, -0.2) is 0 Å². The van der Waals surface area contributed by atoms with Crippen LogP contribution in [0.2, 0.25) is 0 Å². The highest BCUT2D eigenvalue weighted by molar-refractivity contribution is 5.12. The van der Waals surface area contributed by atoms with Crippen LogP contribution in [0.3, 0.4) is 0 Å². The van der Waals surface area contributed by atoms with Gasteiger partial charge in [0.25, 0.3) is 0 Å². The average Bonchev–Trinajstić information content (AvgIpc) is 3.09. The van der Waals surface area contributed by atoms with Crippen molar-refractivity contribution in [2.24, 2.45) is 58.7 Å². The standard InChI is InChI=1S/C27H45NO2/c1-15-4-7-25-16(2)18-5-6-19-20(22(18)14-28(25)13-15)11-23-21(19)12-26(30)24-10-17(29)8-9-27(23,24)3/h15-26,29-30H,4-14H2,1-3H3/t15-,16-,17+,18+,19-,20+,21-,22-,23-,24-,25-,26+,27+/m1/s1. The van der Waals surface area contributed by atoms with Crippen LogP contribution in [-0.4, -0.2) is 46.5 Å². The van der Waals surface area contributed by atoms with Gasteiger partial charge in [0, 0.05) is 19.1 Å². The fourth-order valence-electron chi connectivity index (χ4n) is 10.6. The van der Waals surface area contributed by atoms with Crippen molar-refractivity contribution < 1.29 is 10.2 Å². The van der Waals surface area contributed by atoms with E-state index in [9.17, 15) is 10.2 Å². The maximum Gasteiger partial charge on any atom is 0.0577 e. The molecule has 6 fully saturated rings. The molecule has 0 bridgehead atoms. The Balaban J connectivity index is 1.28. The lowest BCUT2D eigenvalue weighted by Gasteiger charge is -2.56. The van der Waals surface area contributed by atoms with Crippen LogP contribution in [0.15, 0.2) is 0 Å². The molecule has 0 amide bonds. The topological polar surface area (TPSA) is 43.7 Å². The number of hydrogen-bond acceptors (Lipinski definition) is 3. The summed E-state index contributed by atoms with van der Waals surface area (Å²) in [5, 5.41) is 21.5. The summed E-state index contributed by atoms with van der Waals surface area (Å²) in [6, 6.07) is 0.853. The molecule has 2 N–H and O–H groups in total. The molecule has 6 rings (SSSR count). The molecule has 0 spiro atoms. The minimum absolute atomic E-state index is 0.180. The number of fused-ring (bicyclic) bond motifs is 8. The van der Waals surface area contributed by atoms with Gasteiger partial charge in [0.15, 0.2) is 0 Å². The number of nitrogens with zero attached hydrogens (tertiary/aromatic N) is 1. The quantitative estimate of drug-likeness (QED) is 0.609. The van der Waals surface area contributed by atoms with Crippen molar-refractivity contribution in [1.29, 1.82) is 0 Å². The summed E-state index contributed by atoms with van der Waals surface area (Å²) in [6.07, 6.45) is 10.7. The van der Waals surface area contributed by atoms with E-state index >= 15 is 0 Å². The normalized spacial score (nSPS) is 60.7. The second-order valence-electron chi connectivity index (χ2n) is 13.1. The van der Waals surface area contributed by atoms with Crippen LogP contribution in [-0.2, 0) is 0 Å². The van der Waals surface area contributed by atoms with E-state index in [1.54, 1.807) is 0 Å². The number of aliphatic hydroxyl groups is 2. The first kappa shape index (κ1) is 20.5. The lowest BCUT2D eigenvalue weighted by molar-refractivity contribution is -0.130. The minimum atomic E-state index is -0.181. The number of hydrogen-bond donors (Lipinski definition) is 2. The van der Waals surface area contributed by atoms with Gasteiger partial charge in [0.2, 0.25) is 0 Å². The SMILES string of the molecule is C[C@@H]1CC[C@@H]2[C@H](C)[C@@H]3CC[C@@H]4[C@H](C[C@@H]5[C@@H]4C[C@H](O)[C@H]4C[C@@H](O)CC[C@@]54C)[C@@H]3CN2C1. The fourth-order valence-corrected chi connectivity index (χ4v) is 10.6. The van der Waals surface area contributed by atoms with Crippen molar-refractivity contribution in [3.63, 3.8) is 0 Å². The predicted octanol–water partition coefficient (Wildman–Crippen LogP) is 4.56. The van der Waals surface area contributed by atoms with E-state index in [2.05, 4.69) is 25.7 Å². The van der Waals surface area contributed by atoms with Gasteiger partial charge in [0.1, 0.15) is 0 Å². The molecule has 0 aromatic rings. The molecule has 0 aromatic heterocycles. The molecule has 3 nitrogen and oxygen atoms in total. The molecule has 2 heterocycles. The molecule has 0 radical (unpaired) electrons. The Morgan fingerprint density at radius 2 is 1.53 bits per heavy atom. The van der Waals surface area contributed by atoms with Crippen LogP contribution in [0.1, 0.15) is 78.6 Å². The van der Waals surface area contributed by atoms with E-state index in [0.717, 1.165) is 79.1 Å². The number of rotatable bonds is 0. The third-order valence-corrected chi connectivity index (χ3v) is 12.0. The van der Waals surface area contributed by atoms with E-state index in [4.69, 9.17) is 0 Å². The zero-order chi connectivity index (χ0) is 20.8. The van der Waals surface area contributed by atoms with E-state index in [1.165, 1.54) is 45.2 Å². The molecular formula is C27H45NO2. The molecule has 6 aliphatic rings. The molecule has 2 aliphatic heterocycles. The average molecular weight is 416 g/mol. The Kier molecular flexibility index (Phi) is 4.91. The highest BCUT2D eigenvalue weighted by atomic mass is 16.3. The third-order valence-electron chi connectivity index (χ3n) is 12.0. The highest BCUT2D eigenvalue weighted by Crippen LogP contribution is 2.67. The lowest BCUT2D eigenvalue weighted by atomic mass is 9.51.